The number of anilines is 3. The monoisotopic (exact) mass is 381 g/mol. The molecular formula is C18H19F4N5. The van der Waals surface area contributed by atoms with Gasteiger partial charge in [-0.2, -0.15) is 4.98 Å². The minimum absolute atomic E-state index is 0.162. The number of nitrogens with one attached hydrogen (secondary N) is 3. The predicted molar refractivity (Wildman–Crippen MR) is 93.4 cm³/mol. The molecule has 0 atom stereocenters. The van der Waals surface area contributed by atoms with Crippen molar-refractivity contribution in [2.24, 2.45) is 0 Å². The summed E-state index contributed by atoms with van der Waals surface area (Å²) in [7, 11) is 0. The number of aromatic nitrogens is 2. The van der Waals surface area contributed by atoms with E-state index in [2.05, 4.69) is 26.1 Å². The Bertz CT molecular complexity index is 824. The Labute approximate surface area is 153 Å². The molecule has 0 radical (unpaired) electrons. The molecule has 2 saturated carbocycles. The van der Waals surface area contributed by atoms with Gasteiger partial charge in [-0.15, -0.1) is 0 Å². The van der Waals surface area contributed by atoms with Gasteiger partial charge < -0.3 is 5.32 Å². The minimum Gasteiger partial charge on any atom is -0.351 e. The van der Waals surface area contributed by atoms with E-state index in [0.29, 0.717) is 17.9 Å². The number of nitrogens with zero attached hydrogens (tertiary/aromatic N) is 2. The normalized spacial score (nSPS) is 17.2. The van der Waals surface area contributed by atoms with Crippen LogP contribution in [0.2, 0.25) is 0 Å². The number of rotatable bonds is 6. The van der Waals surface area contributed by atoms with Crippen LogP contribution in [0, 0.1) is 23.3 Å². The molecule has 4 rings (SSSR count). The minimum atomic E-state index is -1.51. The zero-order valence-electron chi connectivity index (χ0n) is 14.5. The largest absolute Gasteiger partial charge is 0.351 e. The molecular weight excluding hydrogens is 362 g/mol. The van der Waals surface area contributed by atoms with E-state index in [9.17, 15) is 17.6 Å². The van der Waals surface area contributed by atoms with Crippen molar-refractivity contribution in [3.05, 3.63) is 41.1 Å². The number of hydrogen-bond donors (Lipinski definition) is 3. The van der Waals surface area contributed by atoms with E-state index in [0.717, 1.165) is 44.2 Å². The lowest BCUT2D eigenvalue weighted by molar-refractivity contribution is 0.459. The molecule has 2 aliphatic carbocycles. The highest BCUT2D eigenvalue weighted by Gasteiger charge is 2.27. The molecule has 144 valence electrons. The second-order valence-corrected chi connectivity index (χ2v) is 6.99. The third-order valence-corrected chi connectivity index (χ3v) is 4.86. The van der Waals surface area contributed by atoms with E-state index in [1.807, 2.05) is 0 Å². The van der Waals surface area contributed by atoms with Gasteiger partial charge in [0.1, 0.15) is 11.5 Å². The second kappa shape index (κ2) is 7.21. The van der Waals surface area contributed by atoms with Gasteiger partial charge in [0.25, 0.3) is 0 Å². The van der Waals surface area contributed by atoms with E-state index >= 15 is 0 Å². The third kappa shape index (κ3) is 3.91. The smallest absolute Gasteiger partial charge is 0.225 e. The fourth-order valence-electron chi connectivity index (χ4n) is 3.24. The summed E-state index contributed by atoms with van der Waals surface area (Å²) in [5.41, 5.74) is 4.60. The van der Waals surface area contributed by atoms with E-state index in [-0.39, 0.29) is 11.9 Å². The van der Waals surface area contributed by atoms with Crippen molar-refractivity contribution in [3.8, 4) is 0 Å². The van der Waals surface area contributed by atoms with Gasteiger partial charge in [0.2, 0.25) is 5.95 Å². The quantitative estimate of drug-likeness (QED) is 0.385. The third-order valence-electron chi connectivity index (χ3n) is 4.86. The van der Waals surface area contributed by atoms with Gasteiger partial charge in [-0.3, -0.25) is 10.9 Å². The predicted octanol–water partition coefficient (Wildman–Crippen LogP) is 4.70. The zero-order valence-corrected chi connectivity index (χ0v) is 14.5. The molecule has 2 fully saturated rings. The second-order valence-electron chi connectivity index (χ2n) is 6.99. The Balaban J connectivity index is 1.55. The van der Waals surface area contributed by atoms with Gasteiger partial charge in [-0.25, -0.2) is 22.5 Å². The van der Waals surface area contributed by atoms with Crippen LogP contribution in [0.25, 0.3) is 0 Å². The summed E-state index contributed by atoms with van der Waals surface area (Å²) in [5.74, 6) is -4.97. The van der Waals surface area contributed by atoms with Crippen LogP contribution < -0.4 is 16.2 Å². The highest BCUT2D eigenvalue weighted by Crippen LogP contribution is 2.40. The van der Waals surface area contributed by atoms with Crippen LogP contribution in [-0.2, 0) is 0 Å². The average molecular weight is 381 g/mol. The lowest BCUT2D eigenvalue weighted by Crippen LogP contribution is -2.19. The van der Waals surface area contributed by atoms with Crippen LogP contribution in [0.1, 0.15) is 50.1 Å². The first-order valence-corrected chi connectivity index (χ1v) is 9.02. The highest BCUT2D eigenvalue weighted by molar-refractivity contribution is 5.54. The van der Waals surface area contributed by atoms with Gasteiger partial charge in [0, 0.05) is 24.1 Å². The molecule has 9 heteroatoms. The van der Waals surface area contributed by atoms with Gasteiger partial charge in [0.05, 0.1) is 5.69 Å². The maximum absolute atomic E-state index is 13.8. The van der Waals surface area contributed by atoms with Crippen molar-refractivity contribution >= 4 is 17.5 Å². The molecule has 1 aromatic carbocycles. The van der Waals surface area contributed by atoms with Crippen LogP contribution in [-0.4, -0.2) is 16.0 Å². The summed E-state index contributed by atoms with van der Waals surface area (Å²) >= 11 is 0. The lowest BCUT2D eigenvalue weighted by Gasteiger charge is -2.16. The molecule has 0 unspecified atom stereocenters. The number of benzene rings is 1. The Morgan fingerprint density at radius 3 is 2.11 bits per heavy atom. The van der Waals surface area contributed by atoms with Crippen LogP contribution in [0.15, 0.2) is 12.1 Å². The molecule has 0 spiro atoms. The molecule has 3 N–H and O–H groups in total. The van der Waals surface area contributed by atoms with Crippen molar-refractivity contribution in [1.82, 2.24) is 9.97 Å². The Morgan fingerprint density at radius 1 is 0.815 bits per heavy atom. The van der Waals surface area contributed by atoms with Crippen LogP contribution in [0.3, 0.4) is 0 Å². The van der Waals surface area contributed by atoms with Crippen molar-refractivity contribution in [2.45, 2.75) is 50.5 Å². The fraction of sp³-hybridized carbons (Fsp3) is 0.444. The molecule has 0 aliphatic heterocycles. The summed E-state index contributed by atoms with van der Waals surface area (Å²) in [5, 5.41) is 3.29. The molecule has 27 heavy (non-hydrogen) atoms. The zero-order chi connectivity index (χ0) is 19.0. The van der Waals surface area contributed by atoms with Crippen molar-refractivity contribution in [3.63, 3.8) is 0 Å². The maximum atomic E-state index is 13.8. The molecule has 0 bridgehead atoms. The standard InChI is InChI=1S/C18H19F4N5/c19-11-7-12(20)16(22)17(15(11)21)27-26-14-8-13(9-5-6-9)24-18(25-14)23-10-3-1-2-4-10/h7-10,27H,1-6H2,(H2,23,24,25,26). The lowest BCUT2D eigenvalue weighted by atomic mass is 10.2. The first-order valence-electron chi connectivity index (χ1n) is 9.02. The molecule has 2 aromatic rings. The molecule has 1 aromatic heterocycles. The summed E-state index contributed by atoms with van der Waals surface area (Å²) in [4.78, 5) is 8.82. The van der Waals surface area contributed by atoms with Crippen molar-refractivity contribution < 1.29 is 17.6 Å². The molecule has 5 nitrogen and oxygen atoms in total. The van der Waals surface area contributed by atoms with Gasteiger partial charge in [-0.05, 0) is 25.7 Å². The summed E-state index contributed by atoms with van der Waals surface area (Å²) < 4.78 is 54.2. The number of hydrogen-bond acceptors (Lipinski definition) is 5. The van der Waals surface area contributed by atoms with E-state index in [4.69, 9.17) is 0 Å². The van der Waals surface area contributed by atoms with E-state index in [1.54, 1.807) is 6.07 Å². The first-order chi connectivity index (χ1) is 13.0. The SMILES string of the molecule is Fc1cc(F)c(F)c(NNc2cc(C3CC3)nc(NC3CCCC3)n2)c1F. The fourth-order valence-corrected chi connectivity index (χ4v) is 3.24. The van der Waals surface area contributed by atoms with Gasteiger partial charge >= 0.3 is 0 Å². The molecule has 0 amide bonds. The van der Waals surface area contributed by atoms with Crippen molar-refractivity contribution in [1.29, 1.82) is 0 Å². The highest BCUT2D eigenvalue weighted by atomic mass is 19.2. The van der Waals surface area contributed by atoms with E-state index < -0.39 is 29.0 Å². The average Bonchev–Trinajstić information content (AvgIpc) is 3.38. The van der Waals surface area contributed by atoms with Crippen molar-refractivity contribution in [2.75, 3.05) is 16.2 Å². The maximum Gasteiger partial charge on any atom is 0.225 e. The summed E-state index contributed by atoms with van der Waals surface area (Å²) in [6.45, 7) is 0. The van der Waals surface area contributed by atoms with Gasteiger partial charge in [0.15, 0.2) is 23.3 Å². The molecule has 0 saturated heterocycles. The topological polar surface area (TPSA) is 61.9 Å². The van der Waals surface area contributed by atoms with Crippen LogP contribution in [0.5, 0.6) is 0 Å². The van der Waals surface area contributed by atoms with Crippen LogP contribution in [0.4, 0.5) is 35.0 Å². The Morgan fingerprint density at radius 2 is 1.48 bits per heavy atom. The van der Waals surface area contributed by atoms with E-state index in [1.165, 1.54) is 0 Å². The van der Waals surface area contributed by atoms with Gasteiger partial charge in [-0.1, -0.05) is 12.8 Å². The first kappa shape index (κ1) is 17.8. The number of halogens is 4. The summed E-state index contributed by atoms with van der Waals surface area (Å²) in [6.07, 6.45) is 6.41. The van der Waals surface area contributed by atoms with Crippen LogP contribution >= 0.6 is 0 Å². The summed E-state index contributed by atoms with van der Waals surface area (Å²) in [6, 6.07) is 2.12. The Kier molecular flexibility index (Phi) is 4.75. The molecule has 2 aliphatic rings. The Hall–Kier alpha value is -2.58. The number of hydrazine groups is 1. The molecule has 1 heterocycles.